The first-order valence-electron chi connectivity index (χ1n) is 11.6. The van der Waals surface area contributed by atoms with Crippen molar-refractivity contribution in [1.82, 2.24) is 24.8 Å². The Hall–Kier alpha value is -3.41. The summed E-state index contributed by atoms with van der Waals surface area (Å²) in [6.07, 6.45) is 3.60. The van der Waals surface area contributed by atoms with E-state index in [-0.39, 0.29) is 4.90 Å². The van der Waals surface area contributed by atoms with Crippen LogP contribution in [0.3, 0.4) is 0 Å². The second-order valence-corrected chi connectivity index (χ2v) is 11.3. The lowest BCUT2D eigenvalue weighted by Crippen LogP contribution is -2.40. The minimum Gasteiger partial charge on any atom is -0.441 e. The molecule has 0 fully saturated rings. The van der Waals surface area contributed by atoms with Gasteiger partial charge in [-0.05, 0) is 60.7 Å². The lowest BCUT2D eigenvalue weighted by Gasteiger charge is -2.19. The van der Waals surface area contributed by atoms with Crippen molar-refractivity contribution in [1.29, 1.82) is 0 Å². The van der Waals surface area contributed by atoms with Crippen LogP contribution in [-0.4, -0.2) is 35.8 Å². The highest BCUT2D eigenvalue weighted by molar-refractivity contribution is 7.90. The molecular weight excluding hydrogens is 556 g/mol. The summed E-state index contributed by atoms with van der Waals surface area (Å²) >= 11 is 12.3. The highest BCUT2D eigenvalue weighted by Gasteiger charge is 2.25. The number of aryl methyl sites for hydroxylation is 2. The second kappa shape index (κ2) is 10.4. The molecule has 0 saturated heterocycles. The van der Waals surface area contributed by atoms with E-state index in [0.29, 0.717) is 57.7 Å². The van der Waals surface area contributed by atoms with Gasteiger partial charge in [-0.25, -0.2) is 27.3 Å². The Labute approximate surface area is 227 Å². The number of aromatic nitrogens is 3. The highest BCUT2D eigenvalue weighted by Crippen LogP contribution is 2.34. The van der Waals surface area contributed by atoms with E-state index in [0.717, 1.165) is 17.5 Å². The molecule has 1 aliphatic rings. The average molecular weight is 578 g/mol. The molecule has 0 unspecified atom stereocenters. The first-order valence-corrected chi connectivity index (χ1v) is 13.9. The number of allylic oxidation sites excluding steroid dienone is 1. The van der Waals surface area contributed by atoms with Crippen molar-refractivity contribution in [3.8, 4) is 0 Å². The van der Waals surface area contributed by atoms with E-state index in [9.17, 15) is 13.2 Å². The molecule has 2 N–H and O–H groups in total. The number of fused-ring (bicyclic) bond motifs is 2. The molecule has 13 heteroatoms. The molecule has 198 valence electrons. The first-order chi connectivity index (χ1) is 18.1. The van der Waals surface area contributed by atoms with E-state index in [4.69, 9.17) is 27.6 Å². The zero-order chi connectivity index (χ0) is 27.0. The minimum absolute atomic E-state index is 0.172. The van der Waals surface area contributed by atoms with Crippen LogP contribution in [0.2, 0.25) is 10.0 Å². The van der Waals surface area contributed by atoms with E-state index in [1.54, 1.807) is 36.0 Å². The van der Waals surface area contributed by atoms with Gasteiger partial charge in [0.15, 0.2) is 11.5 Å². The average Bonchev–Trinajstić information content (AvgIpc) is 3.45. The summed E-state index contributed by atoms with van der Waals surface area (Å²) in [7, 11) is -4.22. The molecular formula is C25H22Cl2FN5O4S. The number of hydrogen-bond acceptors (Lipinski definition) is 6. The quantitative estimate of drug-likeness (QED) is 0.317. The van der Waals surface area contributed by atoms with Crippen LogP contribution in [0.25, 0.3) is 16.7 Å². The second-order valence-electron chi connectivity index (χ2n) is 8.80. The molecule has 2 aromatic carbocycles. The van der Waals surface area contributed by atoms with Gasteiger partial charge < -0.3 is 9.73 Å². The molecule has 2 heterocycles. The Morgan fingerprint density at radius 2 is 2.00 bits per heavy atom. The van der Waals surface area contributed by atoms with Crippen LogP contribution >= 0.6 is 23.2 Å². The maximum Gasteiger partial charge on any atom is 0.329 e. The number of hydrogen-bond donors (Lipinski definition) is 2. The van der Waals surface area contributed by atoms with Crippen LogP contribution in [0, 0.1) is 6.92 Å². The fourth-order valence-electron chi connectivity index (χ4n) is 4.40. The summed E-state index contributed by atoms with van der Waals surface area (Å²) in [5.41, 5.74) is 3.45. The lowest BCUT2D eigenvalue weighted by atomic mass is 9.92. The van der Waals surface area contributed by atoms with E-state index in [2.05, 4.69) is 15.4 Å². The van der Waals surface area contributed by atoms with Gasteiger partial charge in [0, 0.05) is 22.5 Å². The maximum atomic E-state index is 15.4. The number of rotatable bonds is 6. The molecule has 5 rings (SSSR count). The van der Waals surface area contributed by atoms with Gasteiger partial charge in [0.25, 0.3) is 10.0 Å². The van der Waals surface area contributed by atoms with Crippen molar-refractivity contribution in [2.45, 2.75) is 37.6 Å². The number of halogens is 3. The van der Waals surface area contributed by atoms with Gasteiger partial charge in [-0.1, -0.05) is 29.3 Å². The summed E-state index contributed by atoms with van der Waals surface area (Å²) in [5.74, 6) is -0.200. The Morgan fingerprint density at radius 3 is 2.79 bits per heavy atom. The lowest BCUT2D eigenvalue weighted by molar-refractivity contribution is 0.246. The van der Waals surface area contributed by atoms with Crippen LogP contribution in [-0.2, 0) is 23.0 Å². The summed E-state index contributed by atoms with van der Waals surface area (Å²) in [4.78, 5) is 16.3. The zero-order valence-corrected chi connectivity index (χ0v) is 22.4. The third-order valence-corrected chi connectivity index (χ3v) is 8.06. The molecule has 0 radical (unpaired) electrons. The summed E-state index contributed by atoms with van der Waals surface area (Å²) in [5, 5.41) is 7.70. The van der Waals surface area contributed by atoms with Crippen LogP contribution < -0.4 is 10.0 Å². The first kappa shape index (κ1) is 26.2. The summed E-state index contributed by atoms with van der Waals surface area (Å²) < 4.78 is 49.6. The van der Waals surface area contributed by atoms with Crippen molar-refractivity contribution in [3.63, 3.8) is 0 Å². The number of nitrogens with one attached hydrogen (secondary N) is 2. The van der Waals surface area contributed by atoms with Gasteiger partial charge in [0.1, 0.15) is 11.3 Å². The minimum atomic E-state index is -4.22. The molecule has 0 bridgehead atoms. The van der Waals surface area contributed by atoms with Crippen molar-refractivity contribution in [2.75, 3.05) is 6.54 Å². The molecule has 0 aliphatic heterocycles. The number of urea groups is 1. The largest absolute Gasteiger partial charge is 0.441 e. The Morgan fingerprint density at radius 1 is 1.18 bits per heavy atom. The monoisotopic (exact) mass is 577 g/mol. The highest BCUT2D eigenvalue weighted by atomic mass is 35.5. The molecule has 38 heavy (non-hydrogen) atoms. The predicted octanol–water partition coefficient (Wildman–Crippen LogP) is 5.39. The van der Waals surface area contributed by atoms with E-state index in [1.807, 2.05) is 4.72 Å². The normalized spacial score (nSPS) is 14.8. The van der Waals surface area contributed by atoms with Crippen molar-refractivity contribution >= 4 is 55.9 Å². The van der Waals surface area contributed by atoms with Gasteiger partial charge in [-0.3, -0.25) is 4.68 Å². The molecule has 2 amide bonds. The van der Waals surface area contributed by atoms with Gasteiger partial charge in [0.05, 0.1) is 29.9 Å². The predicted molar refractivity (Wildman–Crippen MR) is 141 cm³/mol. The van der Waals surface area contributed by atoms with Crippen LogP contribution in [0.5, 0.6) is 0 Å². The Kier molecular flexibility index (Phi) is 7.17. The molecule has 1 aliphatic carbocycles. The number of amides is 2. The van der Waals surface area contributed by atoms with Crippen molar-refractivity contribution in [2.24, 2.45) is 0 Å². The number of carbonyl (C=O) groups is 1. The maximum absolute atomic E-state index is 15.4. The standard InChI is InChI=1S/C25H22Cl2FN5O4S/c1-14-31-22-10-18(7-8-23(22)37-14)38(35,36)32-25(34)29-12-21(28)19-4-2-3-15-11-30-33(24(15)19)13-16-5-6-17(26)9-20(16)27/h5-11H,2-4,12-13H2,1H3,(H2,29,32,34)/b21-19-. The number of benzene rings is 2. The van der Waals surface area contributed by atoms with Gasteiger partial charge in [-0.15, -0.1) is 0 Å². The number of nitrogens with zero attached hydrogens (tertiary/aromatic N) is 3. The van der Waals surface area contributed by atoms with Crippen LogP contribution in [0.15, 0.2) is 57.7 Å². The SMILES string of the molecule is Cc1nc2cc(S(=O)(=O)NC(=O)NC/C(F)=C3\CCCc4cnn(Cc5ccc(Cl)cc5Cl)c43)ccc2o1. The number of sulfonamides is 1. The number of oxazole rings is 1. The third kappa shape index (κ3) is 5.40. The molecule has 0 spiro atoms. The van der Waals surface area contributed by atoms with Crippen molar-refractivity contribution < 1.29 is 22.0 Å². The van der Waals surface area contributed by atoms with Gasteiger partial charge >= 0.3 is 6.03 Å². The number of carbonyl (C=O) groups excluding carboxylic acids is 1. The molecule has 0 saturated carbocycles. The van der Waals surface area contributed by atoms with Gasteiger partial charge in [0.2, 0.25) is 0 Å². The molecule has 2 aromatic heterocycles. The molecule has 0 atom stereocenters. The summed E-state index contributed by atoms with van der Waals surface area (Å²) in [6.45, 7) is 1.45. The molecule has 9 nitrogen and oxygen atoms in total. The third-order valence-electron chi connectivity index (χ3n) is 6.14. The van der Waals surface area contributed by atoms with E-state index < -0.39 is 28.4 Å². The Balaban J connectivity index is 1.31. The molecule has 4 aromatic rings. The van der Waals surface area contributed by atoms with Crippen molar-refractivity contribution in [3.05, 3.63) is 81.2 Å². The van der Waals surface area contributed by atoms with E-state index in [1.165, 1.54) is 18.2 Å². The Bertz CT molecular complexity index is 1700. The fraction of sp³-hybridized carbons (Fsp3) is 0.240. The summed E-state index contributed by atoms with van der Waals surface area (Å²) in [6, 6.07) is 8.12. The fourth-order valence-corrected chi connectivity index (χ4v) is 5.81. The zero-order valence-electron chi connectivity index (χ0n) is 20.1. The van der Waals surface area contributed by atoms with Crippen LogP contribution in [0.1, 0.15) is 35.6 Å². The van der Waals surface area contributed by atoms with E-state index >= 15 is 4.39 Å². The topological polar surface area (TPSA) is 119 Å². The van der Waals surface area contributed by atoms with Crippen LogP contribution in [0.4, 0.5) is 9.18 Å². The van der Waals surface area contributed by atoms with Gasteiger partial charge in [-0.2, -0.15) is 5.10 Å². The smallest absolute Gasteiger partial charge is 0.329 e.